The predicted molar refractivity (Wildman–Crippen MR) is 290 cm³/mol. The first-order chi connectivity index (χ1) is 36.6. The summed E-state index contributed by atoms with van der Waals surface area (Å²) in [7, 11) is 0. The highest BCUT2D eigenvalue weighted by molar-refractivity contribution is 5.82. The van der Waals surface area contributed by atoms with Crippen LogP contribution in [-0.4, -0.2) is 55.4 Å². The molecule has 8 aromatic rings. The summed E-state index contributed by atoms with van der Waals surface area (Å²) < 4.78 is 58.1. The summed E-state index contributed by atoms with van der Waals surface area (Å²) >= 11 is 0. The van der Waals surface area contributed by atoms with Gasteiger partial charge < -0.3 is 37.9 Å². The van der Waals surface area contributed by atoms with Crippen LogP contribution in [0.15, 0.2) is 224 Å². The predicted octanol–water partition coefficient (Wildman–Crippen LogP) is 13.3. The Hall–Kier alpha value is -6.30. The average molecular weight is 989 g/mol. The number of hydrogen-bond donors (Lipinski definition) is 0. The van der Waals surface area contributed by atoms with Gasteiger partial charge in [0.2, 0.25) is 0 Å². The third kappa shape index (κ3) is 13.7. The van der Waals surface area contributed by atoms with Crippen molar-refractivity contribution in [2.45, 2.75) is 108 Å². The minimum absolute atomic E-state index is 0.0432. The Balaban J connectivity index is 1.09. The van der Waals surface area contributed by atoms with Gasteiger partial charge in [-0.2, -0.15) is 0 Å². The quantitative estimate of drug-likeness (QED) is 0.0628. The van der Waals surface area contributed by atoms with Gasteiger partial charge in [-0.05, 0) is 68.1 Å². The highest BCUT2D eigenvalue weighted by Crippen LogP contribution is 2.44. The summed E-state index contributed by atoms with van der Waals surface area (Å²) in [5, 5.41) is 2.36. The lowest BCUT2D eigenvalue weighted by atomic mass is 9.70. The molecule has 2 fully saturated rings. The molecule has 10 rings (SSSR count). The molecule has 10 atom stereocenters. The van der Waals surface area contributed by atoms with Crippen LogP contribution in [0.2, 0.25) is 0 Å². The zero-order chi connectivity index (χ0) is 50.2. The lowest BCUT2D eigenvalue weighted by Crippen LogP contribution is -2.67. The van der Waals surface area contributed by atoms with Crippen molar-refractivity contribution in [3.8, 4) is 0 Å². The molecule has 2 aliphatic rings. The van der Waals surface area contributed by atoms with Gasteiger partial charge >= 0.3 is 0 Å². The highest BCUT2D eigenvalue weighted by atomic mass is 16.6. The van der Waals surface area contributed by atoms with Crippen LogP contribution >= 0.6 is 0 Å². The molecule has 0 aromatic heterocycles. The molecule has 0 amide bonds. The molecule has 0 radical (unpaired) electrons. The van der Waals surface area contributed by atoms with Gasteiger partial charge in [0, 0.05) is 5.92 Å². The lowest BCUT2D eigenvalue weighted by molar-refractivity contribution is -0.306. The van der Waals surface area contributed by atoms with Crippen LogP contribution in [0.1, 0.15) is 52.3 Å². The standard InChI is InChI=1S/C66H68O8/c1-48-38-58(68-46-55-36-37-56-34-20-21-35-57(56)39-55)60(63(71-43-52-28-14-5-15-29-52)61(48)69-41-50-24-10-3-11-25-50)64-66(73-45-54-32-18-7-19-33-54)65(72-44-53-30-16-6-17-31-53)62(70-42-51-26-12-4-13-27-51)59(74-64)47-67-40-49-22-8-2-9-23-49/h2-37,39,48,58-66H,38,40-47H2,1H3/t48-,58-,59-,60+,61+,62-,63+,64-,65+,66+/m1/s1. The maximum absolute atomic E-state index is 7.75. The van der Waals surface area contributed by atoms with E-state index in [2.05, 4.69) is 146 Å². The number of hydrogen-bond acceptors (Lipinski definition) is 8. The summed E-state index contributed by atoms with van der Waals surface area (Å²) in [6.07, 6.45) is -3.69. The summed E-state index contributed by atoms with van der Waals surface area (Å²) in [4.78, 5) is 0. The van der Waals surface area contributed by atoms with Gasteiger partial charge in [0.05, 0.1) is 77.3 Å². The Kier molecular flexibility index (Phi) is 18.2. The second kappa shape index (κ2) is 26.3. The maximum Gasteiger partial charge on any atom is 0.115 e. The van der Waals surface area contributed by atoms with E-state index in [4.69, 9.17) is 37.9 Å². The minimum Gasteiger partial charge on any atom is -0.374 e. The molecule has 8 nitrogen and oxygen atoms in total. The minimum atomic E-state index is -0.673. The molecule has 1 saturated heterocycles. The second-order valence-corrected chi connectivity index (χ2v) is 19.8. The zero-order valence-corrected chi connectivity index (χ0v) is 42.3. The van der Waals surface area contributed by atoms with Crippen molar-refractivity contribution in [3.63, 3.8) is 0 Å². The monoisotopic (exact) mass is 988 g/mol. The van der Waals surface area contributed by atoms with Gasteiger partial charge in [0.1, 0.15) is 24.4 Å². The van der Waals surface area contributed by atoms with Crippen molar-refractivity contribution in [1.29, 1.82) is 0 Å². The number of rotatable bonds is 23. The van der Waals surface area contributed by atoms with Gasteiger partial charge in [0.25, 0.3) is 0 Å². The molecule has 0 N–H and O–H groups in total. The summed E-state index contributed by atoms with van der Waals surface area (Å²) in [5.74, 6) is -0.381. The average Bonchev–Trinajstić information content (AvgIpc) is 3.46. The van der Waals surface area contributed by atoms with Crippen molar-refractivity contribution in [2.24, 2.45) is 11.8 Å². The van der Waals surface area contributed by atoms with Crippen LogP contribution in [-0.2, 0) is 84.1 Å². The Bertz CT molecular complexity index is 2860. The van der Waals surface area contributed by atoms with Crippen LogP contribution in [0.3, 0.4) is 0 Å². The van der Waals surface area contributed by atoms with Gasteiger partial charge in [-0.3, -0.25) is 0 Å². The second-order valence-electron chi connectivity index (χ2n) is 19.8. The van der Waals surface area contributed by atoms with E-state index in [9.17, 15) is 0 Å². The van der Waals surface area contributed by atoms with Gasteiger partial charge in [0.15, 0.2) is 0 Å². The van der Waals surface area contributed by atoms with Gasteiger partial charge in [-0.15, -0.1) is 0 Å². The van der Waals surface area contributed by atoms with Crippen molar-refractivity contribution in [2.75, 3.05) is 6.61 Å². The van der Waals surface area contributed by atoms with Crippen LogP contribution in [0, 0.1) is 11.8 Å². The van der Waals surface area contributed by atoms with Crippen LogP contribution in [0.5, 0.6) is 0 Å². The molecule has 8 aromatic carbocycles. The largest absolute Gasteiger partial charge is 0.374 e. The highest BCUT2D eigenvalue weighted by Gasteiger charge is 2.57. The summed E-state index contributed by atoms with van der Waals surface area (Å²) in [6, 6.07) is 76.9. The number of fused-ring (bicyclic) bond motifs is 1. The van der Waals surface area contributed by atoms with Crippen LogP contribution < -0.4 is 0 Å². The fourth-order valence-corrected chi connectivity index (χ4v) is 10.7. The van der Waals surface area contributed by atoms with E-state index in [1.54, 1.807) is 0 Å². The third-order valence-electron chi connectivity index (χ3n) is 14.4. The fraction of sp³-hybridized carbons (Fsp3) is 0.303. The van der Waals surface area contributed by atoms with Crippen molar-refractivity contribution < 1.29 is 37.9 Å². The lowest BCUT2D eigenvalue weighted by Gasteiger charge is -2.54. The smallest absolute Gasteiger partial charge is 0.115 e. The van der Waals surface area contributed by atoms with E-state index >= 15 is 0 Å². The molecule has 1 aliphatic heterocycles. The SMILES string of the molecule is C[C@@H]1C[C@@H](OCc2ccc3ccccc3c2)[C@H]([C@H]2O[C@H](COCc3ccccc3)[C@@H](OCc3ccccc3)[C@H](OCc3ccccc3)[C@H]2OCc2ccccc2)[C@H](OCc2ccccc2)[C@H]1OCc1ccccc1. The molecule has 74 heavy (non-hydrogen) atoms. The maximum atomic E-state index is 7.75. The molecular formula is C66H68O8. The molecule has 380 valence electrons. The molecular weight excluding hydrogens is 921 g/mol. The van der Waals surface area contributed by atoms with E-state index < -0.39 is 42.5 Å². The Morgan fingerprint density at radius 2 is 0.743 bits per heavy atom. The first kappa shape index (κ1) is 51.2. The Morgan fingerprint density at radius 1 is 0.351 bits per heavy atom. The molecule has 1 saturated carbocycles. The summed E-state index contributed by atoms with van der Waals surface area (Å²) in [5.41, 5.74) is 7.42. The first-order valence-electron chi connectivity index (χ1n) is 26.3. The molecule has 0 unspecified atom stereocenters. The Labute approximate surface area is 437 Å². The van der Waals surface area contributed by atoms with E-state index in [0.29, 0.717) is 52.7 Å². The van der Waals surface area contributed by atoms with E-state index in [1.807, 2.05) is 84.9 Å². The normalized spacial score (nSPS) is 23.9. The van der Waals surface area contributed by atoms with E-state index in [-0.39, 0.29) is 24.7 Å². The third-order valence-corrected chi connectivity index (χ3v) is 14.4. The number of ether oxygens (including phenoxy) is 8. The molecule has 1 aliphatic carbocycles. The Morgan fingerprint density at radius 3 is 1.24 bits per heavy atom. The zero-order valence-electron chi connectivity index (χ0n) is 42.3. The first-order valence-corrected chi connectivity index (χ1v) is 26.3. The number of benzene rings is 8. The fourth-order valence-electron chi connectivity index (χ4n) is 10.7. The topological polar surface area (TPSA) is 73.8 Å². The van der Waals surface area contributed by atoms with Gasteiger partial charge in [-0.1, -0.05) is 225 Å². The van der Waals surface area contributed by atoms with Crippen molar-refractivity contribution in [3.05, 3.63) is 263 Å². The van der Waals surface area contributed by atoms with E-state index in [0.717, 1.165) is 38.9 Å². The summed E-state index contributed by atoms with van der Waals surface area (Å²) in [6.45, 7) is 5.04. The van der Waals surface area contributed by atoms with Crippen molar-refractivity contribution in [1.82, 2.24) is 0 Å². The van der Waals surface area contributed by atoms with Gasteiger partial charge in [-0.25, -0.2) is 0 Å². The van der Waals surface area contributed by atoms with Crippen LogP contribution in [0.25, 0.3) is 10.8 Å². The van der Waals surface area contributed by atoms with Crippen molar-refractivity contribution >= 4 is 10.8 Å². The van der Waals surface area contributed by atoms with Crippen LogP contribution in [0.4, 0.5) is 0 Å². The molecule has 0 bridgehead atoms. The molecule has 1 heterocycles. The van der Waals surface area contributed by atoms with E-state index in [1.165, 1.54) is 10.8 Å². The molecule has 8 heteroatoms. The molecule has 0 spiro atoms.